The summed E-state index contributed by atoms with van der Waals surface area (Å²) < 4.78 is 0. The summed E-state index contributed by atoms with van der Waals surface area (Å²) in [6.45, 7) is 4.01. The zero-order valence-electron chi connectivity index (χ0n) is 8.60. The summed E-state index contributed by atoms with van der Waals surface area (Å²) in [5, 5.41) is 0. The molecule has 0 unspecified atom stereocenters. The van der Waals surface area contributed by atoms with Crippen LogP contribution in [0.5, 0.6) is 0 Å². The lowest BCUT2D eigenvalue weighted by atomic mass is 9.32. The van der Waals surface area contributed by atoms with Gasteiger partial charge in [0.15, 0.2) is 0 Å². The molecule has 68 valence electrons. The van der Waals surface area contributed by atoms with Crippen molar-refractivity contribution in [1.29, 1.82) is 0 Å². The molecule has 6 heteroatoms. The van der Waals surface area contributed by atoms with Crippen LogP contribution in [0.4, 0.5) is 0 Å². The van der Waals surface area contributed by atoms with Gasteiger partial charge in [-0.05, 0) is 28.2 Å². The molecule has 0 aromatic carbocycles. The summed E-state index contributed by atoms with van der Waals surface area (Å²) >= 11 is 0. The molecule has 0 bridgehead atoms. The summed E-state index contributed by atoms with van der Waals surface area (Å²) in [4.78, 5) is 8.65. The molecule has 1 fully saturated rings. The Bertz CT molecular complexity index is 213. The molecule has 0 aliphatic carbocycles. The Morgan fingerprint density at radius 1 is 0.846 bits per heavy atom. The van der Waals surface area contributed by atoms with Crippen LogP contribution in [0.1, 0.15) is 0 Å². The quantitative estimate of drug-likeness (QED) is 0.450. The lowest BCUT2D eigenvalue weighted by Gasteiger charge is -2.36. The maximum Gasteiger partial charge on any atom is 0.352 e. The third kappa shape index (κ3) is 1.25. The smallest absolute Gasteiger partial charge is 0.352 e. The normalized spacial score (nSPS) is 24.6. The van der Waals surface area contributed by atoms with E-state index in [1.807, 2.05) is 0 Å². The highest BCUT2D eigenvalue weighted by molar-refractivity contribution is 7.18. The fraction of sp³-hybridized carbons (Fsp3) is 0.571. The van der Waals surface area contributed by atoms with E-state index in [-0.39, 0.29) is 0 Å². The SMILES string of the molecule is CN1[C]N(C)B2B1N(C)C=CN2C. The zero-order chi connectivity index (χ0) is 9.59. The van der Waals surface area contributed by atoms with Crippen LogP contribution < -0.4 is 0 Å². The largest absolute Gasteiger partial charge is 0.412 e. The highest BCUT2D eigenvalue weighted by Crippen LogP contribution is 2.21. The Kier molecular flexibility index (Phi) is 2.04. The van der Waals surface area contributed by atoms with Crippen LogP contribution in [0.25, 0.3) is 0 Å². The molecule has 0 saturated carbocycles. The van der Waals surface area contributed by atoms with Crippen LogP contribution in [-0.2, 0) is 0 Å². The van der Waals surface area contributed by atoms with E-state index in [0.717, 1.165) is 0 Å². The van der Waals surface area contributed by atoms with Crippen molar-refractivity contribution in [3.8, 4) is 0 Å². The molecule has 2 heterocycles. The summed E-state index contributed by atoms with van der Waals surface area (Å²) in [6, 6.07) is 0. The monoisotopic (exact) mass is 176 g/mol. The average Bonchev–Trinajstić information content (AvgIpc) is 2.36. The molecule has 0 N–H and O–H groups in total. The van der Waals surface area contributed by atoms with E-state index >= 15 is 0 Å². The molecule has 0 spiro atoms. The highest BCUT2D eigenvalue weighted by atomic mass is 15.4. The van der Waals surface area contributed by atoms with Crippen molar-refractivity contribution in [1.82, 2.24) is 19.2 Å². The predicted molar refractivity (Wildman–Crippen MR) is 54.9 cm³/mol. The van der Waals surface area contributed by atoms with E-state index < -0.39 is 0 Å². The molecule has 13 heavy (non-hydrogen) atoms. The average molecular weight is 176 g/mol. The van der Waals surface area contributed by atoms with Gasteiger partial charge in [-0.15, -0.1) is 0 Å². The minimum Gasteiger partial charge on any atom is -0.412 e. The molecular formula is C7H14B2N4. The van der Waals surface area contributed by atoms with Gasteiger partial charge in [0, 0.05) is 12.4 Å². The maximum absolute atomic E-state index is 3.26. The van der Waals surface area contributed by atoms with Gasteiger partial charge in [0.1, 0.15) is 6.67 Å². The summed E-state index contributed by atoms with van der Waals surface area (Å²) in [5.74, 6) is 0. The van der Waals surface area contributed by atoms with Gasteiger partial charge in [0.2, 0.25) is 0 Å². The second kappa shape index (κ2) is 2.96. The molecule has 2 aliphatic rings. The van der Waals surface area contributed by atoms with Crippen molar-refractivity contribution in [3.63, 3.8) is 0 Å². The van der Waals surface area contributed by atoms with Crippen molar-refractivity contribution in [2.45, 2.75) is 0 Å². The van der Waals surface area contributed by atoms with Crippen molar-refractivity contribution < 1.29 is 0 Å². The molecule has 2 radical (unpaired) electrons. The van der Waals surface area contributed by atoms with Crippen LogP contribution in [0, 0.1) is 6.67 Å². The minimum absolute atomic E-state index is 0.375. The topological polar surface area (TPSA) is 13.0 Å². The summed E-state index contributed by atoms with van der Waals surface area (Å²) in [7, 11) is 8.31. The molecule has 2 rings (SSSR count). The third-order valence-corrected chi connectivity index (χ3v) is 2.75. The van der Waals surface area contributed by atoms with E-state index in [1.54, 1.807) is 0 Å². The van der Waals surface area contributed by atoms with E-state index in [1.165, 1.54) is 0 Å². The second-order valence-electron chi connectivity index (χ2n) is 3.78. The van der Waals surface area contributed by atoms with Crippen molar-refractivity contribution in [2.75, 3.05) is 28.2 Å². The first-order chi connectivity index (χ1) is 6.11. The lowest BCUT2D eigenvalue weighted by Crippen LogP contribution is -2.62. The number of nitrogens with zero attached hydrogens (tertiary/aromatic N) is 4. The van der Waals surface area contributed by atoms with Gasteiger partial charge < -0.3 is 19.2 Å². The maximum atomic E-state index is 3.26. The first kappa shape index (κ1) is 8.97. The Balaban J connectivity index is 2.27. The standard InChI is InChI=1S/C7H14B2N4/c1-10-5-6-11(2)9-8(10)12(3)7-13(9)4/h5-6H,1-4H3. The Morgan fingerprint density at radius 2 is 1.23 bits per heavy atom. The molecule has 2 aliphatic heterocycles. The van der Waals surface area contributed by atoms with Crippen LogP contribution in [0.15, 0.2) is 12.4 Å². The van der Waals surface area contributed by atoms with Crippen molar-refractivity contribution in [3.05, 3.63) is 19.1 Å². The minimum atomic E-state index is 0.375. The molecule has 0 amide bonds. The van der Waals surface area contributed by atoms with E-state index in [2.05, 4.69) is 66.5 Å². The molecule has 1 saturated heterocycles. The first-order valence-corrected chi connectivity index (χ1v) is 4.45. The van der Waals surface area contributed by atoms with Crippen LogP contribution in [0.3, 0.4) is 0 Å². The van der Waals surface area contributed by atoms with Crippen LogP contribution >= 0.6 is 0 Å². The van der Waals surface area contributed by atoms with Crippen molar-refractivity contribution >= 4 is 13.7 Å². The fourth-order valence-corrected chi connectivity index (χ4v) is 2.12. The van der Waals surface area contributed by atoms with Gasteiger partial charge >= 0.3 is 13.7 Å². The molecule has 0 atom stereocenters. The molecule has 4 nitrogen and oxygen atoms in total. The van der Waals surface area contributed by atoms with Crippen LogP contribution in [0.2, 0.25) is 0 Å². The van der Waals surface area contributed by atoms with Gasteiger partial charge in [-0.25, -0.2) is 0 Å². The third-order valence-electron chi connectivity index (χ3n) is 2.75. The summed E-state index contributed by atoms with van der Waals surface area (Å²) in [5.41, 5.74) is 0. The van der Waals surface area contributed by atoms with Crippen molar-refractivity contribution in [2.24, 2.45) is 0 Å². The van der Waals surface area contributed by atoms with Gasteiger partial charge in [-0.3, -0.25) is 0 Å². The summed E-state index contributed by atoms with van der Waals surface area (Å²) in [6.07, 6.45) is 4.19. The Morgan fingerprint density at radius 3 is 1.62 bits per heavy atom. The van der Waals surface area contributed by atoms with Crippen LogP contribution in [-0.4, -0.2) is 61.2 Å². The number of hydrogen-bond donors (Lipinski definition) is 0. The van der Waals surface area contributed by atoms with E-state index in [4.69, 9.17) is 0 Å². The van der Waals surface area contributed by atoms with Gasteiger partial charge in [0.05, 0.1) is 0 Å². The second-order valence-corrected chi connectivity index (χ2v) is 3.78. The lowest BCUT2D eigenvalue weighted by molar-refractivity contribution is 0.471. The van der Waals surface area contributed by atoms with Gasteiger partial charge in [-0.2, -0.15) is 0 Å². The molecule has 0 aromatic heterocycles. The van der Waals surface area contributed by atoms with Gasteiger partial charge in [0.25, 0.3) is 0 Å². The fourth-order valence-electron chi connectivity index (χ4n) is 2.12. The molecular weight excluding hydrogens is 162 g/mol. The highest BCUT2D eigenvalue weighted by Gasteiger charge is 2.51. The van der Waals surface area contributed by atoms with E-state index in [9.17, 15) is 0 Å². The zero-order valence-corrected chi connectivity index (χ0v) is 8.60. The Hall–Kier alpha value is -0.610. The Labute approximate surface area is 81.0 Å². The molecule has 0 aromatic rings. The first-order valence-electron chi connectivity index (χ1n) is 4.45. The van der Waals surface area contributed by atoms with E-state index in [0.29, 0.717) is 13.7 Å². The number of fused-ring (bicyclic) bond motifs is 1. The predicted octanol–water partition coefficient (Wildman–Crippen LogP) is -0.737. The number of hydrogen-bond acceptors (Lipinski definition) is 4. The van der Waals surface area contributed by atoms with Gasteiger partial charge in [-0.1, -0.05) is 0 Å². The number of rotatable bonds is 0.